The van der Waals surface area contributed by atoms with Gasteiger partial charge in [-0.2, -0.15) is 5.10 Å². The topological polar surface area (TPSA) is 33.1 Å². The monoisotopic (exact) mass is 236 g/mol. The van der Waals surface area contributed by atoms with Crippen molar-refractivity contribution in [3.8, 4) is 0 Å². The fourth-order valence-electron chi connectivity index (χ4n) is 2.65. The van der Waals surface area contributed by atoms with Gasteiger partial charge in [0.2, 0.25) is 0 Å². The fraction of sp³-hybridized carbons (Fsp3) is 0.769. The summed E-state index contributed by atoms with van der Waals surface area (Å²) in [5.41, 5.74) is 3.90. The average molecular weight is 236 g/mol. The van der Waals surface area contributed by atoms with Crippen LogP contribution in [0.5, 0.6) is 0 Å². The van der Waals surface area contributed by atoms with Gasteiger partial charge in [-0.05, 0) is 46.8 Å². The van der Waals surface area contributed by atoms with Gasteiger partial charge < -0.3 is 5.32 Å². The molecule has 96 valence electrons. The lowest BCUT2D eigenvalue weighted by Crippen LogP contribution is -2.40. The fourth-order valence-corrected chi connectivity index (χ4v) is 2.65. The van der Waals surface area contributed by atoms with Gasteiger partial charge in [-0.3, -0.25) is 9.58 Å². The van der Waals surface area contributed by atoms with Crippen LogP contribution in [0.4, 0.5) is 0 Å². The second-order valence-corrected chi connectivity index (χ2v) is 5.11. The second kappa shape index (κ2) is 5.19. The van der Waals surface area contributed by atoms with Crippen LogP contribution in [0.25, 0.3) is 0 Å². The molecule has 1 N–H and O–H groups in total. The minimum atomic E-state index is 0.711. The Bertz CT molecular complexity index is 375. The highest BCUT2D eigenvalue weighted by atomic mass is 15.3. The van der Waals surface area contributed by atoms with Crippen molar-refractivity contribution >= 4 is 0 Å². The van der Waals surface area contributed by atoms with E-state index in [9.17, 15) is 0 Å². The van der Waals surface area contributed by atoms with Crippen molar-refractivity contribution in [1.29, 1.82) is 0 Å². The number of likely N-dealkylation sites (tertiary alicyclic amines) is 1. The highest BCUT2D eigenvalue weighted by molar-refractivity contribution is 5.24. The van der Waals surface area contributed by atoms with E-state index in [1.165, 1.54) is 42.9 Å². The van der Waals surface area contributed by atoms with E-state index in [4.69, 9.17) is 0 Å². The standard InChI is InChI=1S/C13H24N4/c1-10-13(11(2)16(4)15-10)9-17-7-5-12(14-3)6-8-17/h12,14H,5-9H2,1-4H3. The maximum absolute atomic E-state index is 4.48. The molecule has 1 fully saturated rings. The Morgan fingerprint density at radius 1 is 1.29 bits per heavy atom. The largest absolute Gasteiger partial charge is 0.317 e. The summed E-state index contributed by atoms with van der Waals surface area (Å²) in [7, 11) is 4.09. The van der Waals surface area contributed by atoms with Gasteiger partial charge in [0, 0.05) is 30.9 Å². The molecule has 1 aliphatic rings. The van der Waals surface area contributed by atoms with E-state index in [0.29, 0.717) is 6.04 Å². The molecule has 2 rings (SSSR count). The molecule has 0 aromatic carbocycles. The molecule has 2 heterocycles. The quantitative estimate of drug-likeness (QED) is 0.856. The van der Waals surface area contributed by atoms with Crippen LogP contribution < -0.4 is 5.32 Å². The lowest BCUT2D eigenvalue weighted by molar-refractivity contribution is 0.194. The Morgan fingerprint density at radius 2 is 1.94 bits per heavy atom. The first kappa shape index (κ1) is 12.6. The van der Waals surface area contributed by atoms with Crippen molar-refractivity contribution in [1.82, 2.24) is 20.0 Å². The SMILES string of the molecule is CNC1CCN(Cc2c(C)nn(C)c2C)CC1. The first-order chi connectivity index (χ1) is 8.11. The Labute approximate surface area is 104 Å². The molecular formula is C13H24N4. The highest BCUT2D eigenvalue weighted by Gasteiger charge is 2.20. The first-order valence-corrected chi connectivity index (χ1v) is 6.50. The van der Waals surface area contributed by atoms with E-state index >= 15 is 0 Å². The van der Waals surface area contributed by atoms with Crippen molar-refractivity contribution < 1.29 is 0 Å². The molecule has 0 amide bonds. The predicted octanol–water partition coefficient (Wildman–Crippen LogP) is 1.22. The molecule has 1 aromatic heterocycles. The van der Waals surface area contributed by atoms with Crippen LogP contribution in [0.1, 0.15) is 29.8 Å². The normalized spacial score (nSPS) is 18.8. The molecule has 0 spiro atoms. The third-order valence-corrected chi connectivity index (χ3v) is 4.04. The molecular weight excluding hydrogens is 212 g/mol. The number of nitrogens with one attached hydrogen (secondary N) is 1. The third-order valence-electron chi connectivity index (χ3n) is 4.04. The summed E-state index contributed by atoms with van der Waals surface area (Å²) in [6, 6.07) is 0.711. The van der Waals surface area contributed by atoms with Crippen molar-refractivity contribution in [2.24, 2.45) is 7.05 Å². The lowest BCUT2D eigenvalue weighted by Gasteiger charge is -2.31. The summed E-state index contributed by atoms with van der Waals surface area (Å²) in [5.74, 6) is 0. The van der Waals surface area contributed by atoms with Crippen LogP contribution in [0.2, 0.25) is 0 Å². The Hall–Kier alpha value is -0.870. The van der Waals surface area contributed by atoms with Gasteiger partial charge >= 0.3 is 0 Å². The average Bonchev–Trinajstić information content (AvgIpc) is 2.57. The van der Waals surface area contributed by atoms with Crippen LogP contribution in [0, 0.1) is 13.8 Å². The van der Waals surface area contributed by atoms with Gasteiger partial charge in [-0.25, -0.2) is 0 Å². The summed E-state index contributed by atoms with van der Waals surface area (Å²) in [6.45, 7) is 7.72. The van der Waals surface area contributed by atoms with E-state index in [1.54, 1.807) is 0 Å². The molecule has 0 bridgehead atoms. The molecule has 0 atom stereocenters. The van der Waals surface area contributed by atoms with Crippen LogP contribution in [0.15, 0.2) is 0 Å². The van der Waals surface area contributed by atoms with Crippen molar-refractivity contribution in [3.05, 3.63) is 17.0 Å². The first-order valence-electron chi connectivity index (χ1n) is 6.50. The summed E-state index contributed by atoms with van der Waals surface area (Å²) in [4.78, 5) is 2.55. The predicted molar refractivity (Wildman–Crippen MR) is 70.0 cm³/mol. The van der Waals surface area contributed by atoms with Crippen LogP contribution in [-0.2, 0) is 13.6 Å². The zero-order valence-electron chi connectivity index (χ0n) is 11.5. The van der Waals surface area contributed by atoms with Gasteiger partial charge in [0.05, 0.1) is 5.69 Å². The molecule has 1 saturated heterocycles. The second-order valence-electron chi connectivity index (χ2n) is 5.11. The number of hydrogen-bond acceptors (Lipinski definition) is 3. The van der Waals surface area contributed by atoms with E-state index in [-0.39, 0.29) is 0 Å². The molecule has 0 aliphatic carbocycles. The zero-order valence-corrected chi connectivity index (χ0v) is 11.5. The van der Waals surface area contributed by atoms with Gasteiger partial charge in [-0.1, -0.05) is 0 Å². The maximum atomic E-state index is 4.48. The zero-order chi connectivity index (χ0) is 12.4. The molecule has 4 nitrogen and oxygen atoms in total. The van der Waals surface area contributed by atoms with Gasteiger partial charge in [0.15, 0.2) is 0 Å². The van der Waals surface area contributed by atoms with E-state index < -0.39 is 0 Å². The molecule has 1 aliphatic heterocycles. The molecule has 17 heavy (non-hydrogen) atoms. The highest BCUT2D eigenvalue weighted by Crippen LogP contribution is 2.18. The third kappa shape index (κ3) is 2.69. The van der Waals surface area contributed by atoms with Crippen molar-refractivity contribution in [3.63, 3.8) is 0 Å². The molecule has 0 saturated carbocycles. The molecule has 0 unspecified atom stereocenters. The van der Waals surface area contributed by atoms with Gasteiger partial charge in [0.1, 0.15) is 0 Å². The summed E-state index contributed by atoms with van der Waals surface area (Å²) in [6.07, 6.45) is 2.52. The maximum Gasteiger partial charge on any atom is 0.0641 e. The number of hydrogen-bond donors (Lipinski definition) is 1. The van der Waals surface area contributed by atoms with Crippen molar-refractivity contribution in [2.45, 2.75) is 39.3 Å². The van der Waals surface area contributed by atoms with E-state index in [0.717, 1.165) is 6.54 Å². The van der Waals surface area contributed by atoms with Gasteiger partial charge in [-0.15, -0.1) is 0 Å². The Balaban J connectivity index is 1.98. The van der Waals surface area contributed by atoms with Crippen LogP contribution in [-0.4, -0.2) is 40.9 Å². The minimum absolute atomic E-state index is 0.711. The summed E-state index contributed by atoms with van der Waals surface area (Å²) >= 11 is 0. The van der Waals surface area contributed by atoms with E-state index in [2.05, 4.69) is 36.2 Å². The molecule has 0 radical (unpaired) electrons. The smallest absolute Gasteiger partial charge is 0.0641 e. The number of piperidine rings is 1. The minimum Gasteiger partial charge on any atom is -0.317 e. The molecule has 1 aromatic rings. The molecule has 4 heteroatoms. The number of aromatic nitrogens is 2. The Morgan fingerprint density at radius 3 is 2.41 bits per heavy atom. The lowest BCUT2D eigenvalue weighted by atomic mass is 10.0. The summed E-state index contributed by atoms with van der Waals surface area (Å²) < 4.78 is 1.99. The van der Waals surface area contributed by atoms with E-state index in [1.807, 2.05) is 11.7 Å². The van der Waals surface area contributed by atoms with Crippen LogP contribution in [0.3, 0.4) is 0 Å². The van der Waals surface area contributed by atoms with Crippen LogP contribution >= 0.6 is 0 Å². The van der Waals surface area contributed by atoms with Gasteiger partial charge in [0.25, 0.3) is 0 Å². The summed E-state index contributed by atoms with van der Waals surface area (Å²) in [5, 5.41) is 7.86. The van der Waals surface area contributed by atoms with Crippen molar-refractivity contribution in [2.75, 3.05) is 20.1 Å². The number of aryl methyl sites for hydroxylation is 2. The number of rotatable bonds is 3. The Kier molecular flexibility index (Phi) is 3.84. The number of nitrogens with zero attached hydrogens (tertiary/aromatic N) is 3.